The van der Waals surface area contributed by atoms with Gasteiger partial charge < -0.3 is 5.32 Å². The molecular formula is C12H17N. The Morgan fingerprint density at radius 1 is 1.46 bits per heavy atom. The summed E-state index contributed by atoms with van der Waals surface area (Å²) in [4.78, 5) is 0. The summed E-state index contributed by atoms with van der Waals surface area (Å²) in [5.74, 6) is 0.704. The second-order valence-electron chi connectivity index (χ2n) is 3.86. The molecule has 0 bridgehead atoms. The average molecular weight is 175 g/mol. The largest absolute Gasteiger partial charge is 0.384 e. The van der Waals surface area contributed by atoms with Crippen molar-refractivity contribution >= 4 is 5.69 Å². The molecule has 0 saturated carbocycles. The Morgan fingerprint density at radius 3 is 3.08 bits per heavy atom. The molecule has 1 aromatic rings. The first-order chi connectivity index (χ1) is 6.33. The Kier molecular flexibility index (Phi) is 2.26. The molecule has 2 rings (SSSR count). The van der Waals surface area contributed by atoms with Gasteiger partial charge in [-0.2, -0.15) is 0 Å². The van der Waals surface area contributed by atoms with Crippen molar-refractivity contribution in [3.8, 4) is 0 Å². The Bertz CT molecular complexity index is 304. The first kappa shape index (κ1) is 8.61. The molecule has 13 heavy (non-hydrogen) atoms. The van der Waals surface area contributed by atoms with Gasteiger partial charge in [-0.3, -0.25) is 0 Å². The number of rotatable bonds is 2. The minimum Gasteiger partial charge on any atom is -0.384 e. The van der Waals surface area contributed by atoms with E-state index in [1.165, 1.54) is 18.5 Å². The molecule has 0 spiro atoms. The first-order valence-electron chi connectivity index (χ1n) is 5.18. The van der Waals surface area contributed by atoms with Crippen LogP contribution in [-0.2, 0) is 6.42 Å². The average Bonchev–Trinajstić information content (AvgIpc) is 2.63. The first-order valence-corrected chi connectivity index (χ1v) is 5.18. The molecule has 0 saturated heterocycles. The maximum absolute atomic E-state index is 3.42. The monoisotopic (exact) mass is 175 g/mol. The molecule has 1 aliphatic rings. The second-order valence-corrected chi connectivity index (χ2v) is 3.86. The fourth-order valence-corrected chi connectivity index (χ4v) is 2.05. The highest BCUT2D eigenvalue weighted by atomic mass is 14.9. The van der Waals surface area contributed by atoms with E-state index in [1.807, 2.05) is 0 Å². The molecule has 0 aliphatic carbocycles. The maximum atomic E-state index is 3.42. The van der Waals surface area contributed by atoms with Crippen LogP contribution in [0.25, 0.3) is 0 Å². The summed E-state index contributed by atoms with van der Waals surface area (Å²) in [5, 5.41) is 3.42. The Balaban J connectivity index is 2.41. The van der Waals surface area contributed by atoms with Crippen molar-refractivity contribution in [3.63, 3.8) is 0 Å². The van der Waals surface area contributed by atoms with E-state index < -0.39 is 0 Å². The number of anilines is 1. The summed E-state index contributed by atoms with van der Waals surface area (Å²) < 4.78 is 0. The molecule has 0 radical (unpaired) electrons. The molecule has 0 amide bonds. The lowest BCUT2D eigenvalue weighted by Gasteiger charge is -2.13. The van der Waals surface area contributed by atoms with Crippen molar-refractivity contribution in [1.29, 1.82) is 0 Å². The Morgan fingerprint density at radius 2 is 2.31 bits per heavy atom. The van der Waals surface area contributed by atoms with Crippen LogP contribution in [0.5, 0.6) is 0 Å². The minimum atomic E-state index is 0.704. The van der Waals surface area contributed by atoms with Crippen LogP contribution in [0.3, 0.4) is 0 Å². The van der Waals surface area contributed by atoms with Crippen LogP contribution in [0.2, 0.25) is 0 Å². The molecule has 1 nitrogen and oxygen atoms in total. The van der Waals surface area contributed by atoms with Crippen LogP contribution in [0.1, 0.15) is 37.3 Å². The van der Waals surface area contributed by atoms with Crippen molar-refractivity contribution in [2.45, 2.75) is 32.6 Å². The van der Waals surface area contributed by atoms with Crippen LogP contribution in [0, 0.1) is 0 Å². The van der Waals surface area contributed by atoms with Gasteiger partial charge in [0.25, 0.3) is 0 Å². The van der Waals surface area contributed by atoms with Crippen molar-refractivity contribution in [3.05, 3.63) is 29.3 Å². The molecule has 0 fully saturated rings. The summed E-state index contributed by atoms with van der Waals surface area (Å²) in [6.07, 6.45) is 2.44. The van der Waals surface area contributed by atoms with E-state index in [4.69, 9.17) is 0 Å². The number of hydrogen-bond donors (Lipinski definition) is 1. The summed E-state index contributed by atoms with van der Waals surface area (Å²) in [6.45, 7) is 5.68. The molecule has 1 heteroatoms. The molecule has 1 N–H and O–H groups in total. The summed E-state index contributed by atoms with van der Waals surface area (Å²) in [7, 11) is 0. The highest BCUT2D eigenvalue weighted by molar-refractivity contribution is 5.59. The Hall–Kier alpha value is -0.980. The van der Waals surface area contributed by atoms with Gasteiger partial charge in [0.2, 0.25) is 0 Å². The fourth-order valence-electron chi connectivity index (χ4n) is 2.05. The topological polar surface area (TPSA) is 12.0 Å². The van der Waals surface area contributed by atoms with E-state index in [0.717, 1.165) is 6.54 Å². The van der Waals surface area contributed by atoms with E-state index in [-0.39, 0.29) is 0 Å². The van der Waals surface area contributed by atoms with Gasteiger partial charge in [-0.25, -0.2) is 0 Å². The second kappa shape index (κ2) is 3.41. The van der Waals surface area contributed by atoms with E-state index in [9.17, 15) is 0 Å². The SMILES string of the molecule is CCC(C)c1cccc2c1CCN2. The van der Waals surface area contributed by atoms with Crippen molar-refractivity contribution in [2.24, 2.45) is 0 Å². The molecule has 0 aromatic heterocycles. The molecular weight excluding hydrogens is 158 g/mol. The highest BCUT2D eigenvalue weighted by Crippen LogP contribution is 2.31. The molecule has 70 valence electrons. The quantitative estimate of drug-likeness (QED) is 0.728. The van der Waals surface area contributed by atoms with E-state index in [1.54, 1.807) is 11.1 Å². The maximum Gasteiger partial charge on any atom is 0.0376 e. The van der Waals surface area contributed by atoms with Crippen LogP contribution >= 0.6 is 0 Å². The third-order valence-electron chi connectivity index (χ3n) is 3.05. The van der Waals surface area contributed by atoms with Gasteiger partial charge in [0.1, 0.15) is 0 Å². The van der Waals surface area contributed by atoms with Crippen LogP contribution in [-0.4, -0.2) is 6.54 Å². The molecule has 1 aromatic carbocycles. The highest BCUT2D eigenvalue weighted by Gasteiger charge is 2.16. The van der Waals surface area contributed by atoms with E-state index >= 15 is 0 Å². The van der Waals surface area contributed by atoms with Crippen molar-refractivity contribution < 1.29 is 0 Å². The van der Waals surface area contributed by atoms with Crippen molar-refractivity contribution in [2.75, 3.05) is 11.9 Å². The number of fused-ring (bicyclic) bond motifs is 1. The van der Waals surface area contributed by atoms with Crippen LogP contribution < -0.4 is 5.32 Å². The lowest BCUT2D eigenvalue weighted by molar-refractivity contribution is 0.726. The minimum absolute atomic E-state index is 0.704. The zero-order chi connectivity index (χ0) is 9.26. The molecule has 1 atom stereocenters. The smallest absolute Gasteiger partial charge is 0.0376 e. The molecule has 1 aliphatic heterocycles. The van der Waals surface area contributed by atoms with Gasteiger partial charge in [-0.1, -0.05) is 26.0 Å². The Labute approximate surface area is 80.2 Å². The van der Waals surface area contributed by atoms with Gasteiger partial charge in [-0.15, -0.1) is 0 Å². The van der Waals surface area contributed by atoms with Crippen LogP contribution in [0.15, 0.2) is 18.2 Å². The molecule has 1 unspecified atom stereocenters. The lowest BCUT2D eigenvalue weighted by atomic mass is 9.92. The van der Waals surface area contributed by atoms with E-state index in [0.29, 0.717) is 5.92 Å². The molecule has 1 heterocycles. The predicted octanol–water partition coefficient (Wildman–Crippen LogP) is 3.17. The van der Waals surface area contributed by atoms with Gasteiger partial charge in [0.15, 0.2) is 0 Å². The number of hydrogen-bond acceptors (Lipinski definition) is 1. The summed E-state index contributed by atoms with van der Waals surface area (Å²) in [6, 6.07) is 6.63. The van der Waals surface area contributed by atoms with Gasteiger partial charge in [-0.05, 0) is 36.0 Å². The van der Waals surface area contributed by atoms with Crippen molar-refractivity contribution in [1.82, 2.24) is 0 Å². The van der Waals surface area contributed by atoms with E-state index in [2.05, 4.69) is 37.4 Å². The lowest BCUT2D eigenvalue weighted by Crippen LogP contribution is -1.96. The third-order valence-corrected chi connectivity index (χ3v) is 3.05. The number of nitrogens with one attached hydrogen (secondary N) is 1. The van der Waals surface area contributed by atoms with Gasteiger partial charge in [0, 0.05) is 12.2 Å². The zero-order valence-electron chi connectivity index (χ0n) is 8.43. The van der Waals surface area contributed by atoms with Gasteiger partial charge >= 0.3 is 0 Å². The number of benzene rings is 1. The normalized spacial score (nSPS) is 16.5. The standard InChI is InChI=1S/C12H17N/c1-3-9(2)10-5-4-6-12-11(10)7-8-13-12/h4-6,9,13H,3,7-8H2,1-2H3. The summed E-state index contributed by atoms with van der Waals surface area (Å²) >= 11 is 0. The van der Waals surface area contributed by atoms with Gasteiger partial charge in [0.05, 0.1) is 0 Å². The third kappa shape index (κ3) is 1.43. The fraction of sp³-hybridized carbons (Fsp3) is 0.500. The predicted molar refractivity (Wildman–Crippen MR) is 57.3 cm³/mol. The van der Waals surface area contributed by atoms with Crippen LogP contribution in [0.4, 0.5) is 5.69 Å². The summed E-state index contributed by atoms with van der Waals surface area (Å²) in [5.41, 5.74) is 4.46. The zero-order valence-corrected chi connectivity index (χ0v) is 8.43.